The van der Waals surface area contributed by atoms with Crippen molar-refractivity contribution in [3.05, 3.63) is 70.2 Å². The fourth-order valence-electron chi connectivity index (χ4n) is 1.68. The van der Waals surface area contributed by atoms with E-state index in [0.717, 1.165) is 5.56 Å². The van der Waals surface area contributed by atoms with Gasteiger partial charge in [-0.1, -0.05) is 53.5 Å². The fourth-order valence-corrected chi connectivity index (χ4v) is 2.42. The molecule has 0 spiro atoms. The first kappa shape index (κ1) is 16.5. The van der Waals surface area contributed by atoms with Crippen molar-refractivity contribution in [2.75, 3.05) is 5.32 Å². The van der Waals surface area contributed by atoms with Crippen molar-refractivity contribution in [1.82, 2.24) is 5.32 Å². The Morgan fingerprint density at radius 3 is 2.32 bits per heavy atom. The third-order valence-electron chi connectivity index (χ3n) is 2.58. The topological polar surface area (TPSA) is 41.1 Å². The van der Waals surface area contributed by atoms with Gasteiger partial charge in [-0.2, -0.15) is 0 Å². The highest BCUT2D eigenvalue weighted by Gasteiger charge is 2.03. The molecule has 0 saturated heterocycles. The quantitative estimate of drug-likeness (QED) is 0.631. The number of thiocarbonyl (C=S) groups is 1. The average molecular weight is 351 g/mol. The number of hydrogen-bond donors (Lipinski definition) is 2. The van der Waals surface area contributed by atoms with Gasteiger partial charge >= 0.3 is 0 Å². The first-order valence-corrected chi connectivity index (χ1v) is 7.50. The molecule has 1 amide bonds. The number of hydrogen-bond acceptors (Lipinski definition) is 2. The molecule has 0 atom stereocenters. The van der Waals surface area contributed by atoms with Crippen molar-refractivity contribution in [2.45, 2.75) is 0 Å². The third-order valence-corrected chi connectivity index (χ3v) is 3.22. The zero-order valence-corrected chi connectivity index (χ0v) is 13.7. The van der Waals surface area contributed by atoms with Crippen LogP contribution < -0.4 is 10.6 Å². The summed E-state index contributed by atoms with van der Waals surface area (Å²) < 4.78 is 0. The maximum Gasteiger partial charge on any atom is 0.250 e. The molecule has 0 aliphatic carbocycles. The number of rotatable bonds is 3. The van der Waals surface area contributed by atoms with E-state index in [1.165, 1.54) is 6.08 Å². The Bertz CT molecular complexity index is 697. The summed E-state index contributed by atoms with van der Waals surface area (Å²) in [6.45, 7) is 0. The molecule has 0 aliphatic heterocycles. The summed E-state index contributed by atoms with van der Waals surface area (Å²) in [5, 5.41) is 6.52. The molecule has 0 heterocycles. The molecule has 0 radical (unpaired) electrons. The molecule has 6 heteroatoms. The number of benzene rings is 2. The van der Waals surface area contributed by atoms with Crippen molar-refractivity contribution in [3.63, 3.8) is 0 Å². The van der Waals surface area contributed by atoms with Crippen LogP contribution in [-0.2, 0) is 4.79 Å². The van der Waals surface area contributed by atoms with Crippen LogP contribution in [0.2, 0.25) is 10.0 Å². The van der Waals surface area contributed by atoms with Crippen LogP contribution in [-0.4, -0.2) is 11.0 Å². The van der Waals surface area contributed by atoms with Gasteiger partial charge in [0.2, 0.25) is 5.91 Å². The minimum Gasteiger partial charge on any atom is -0.332 e. The summed E-state index contributed by atoms with van der Waals surface area (Å²) in [4.78, 5) is 11.8. The molecule has 0 unspecified atom stereocenters. The van der Waals surface area contributed by atoms with E-state index in [0.29, 0.717) is 15.7 Å². The number of anilines is 1. The van der Waals surface area contributed by atoms with Gasteiger partial charge in [0.05, 0.1) is 0 Å². The fraction of sp³-hybridized carbons (Fsp3) is 0. The normalized spacial score (nSPS) is 10.5. The SMILES string of the molecule is O=C(/C=C/c1ccccc1)NC(=S)Nc1cc(Cl)cc(Cl)c1. The van der Waals surface area contributed by atoms with E-state index in [-0.39, 0.29) is 11.0 Å². The maximum absolute atomic E-state index is 11.8. The lowest BCUT2D eigenvalue weighted by atomic mass is 10.2. The van der Waals surface area contributed by atoms with Gasteiger partial charge in [-0.05, 0) is 42.1 Å². The smallest absolute Gasteiger partial charge is 0.250 e. The molecular formula is C16H12Cl2N2OS. The van der Waals surface area contributed by atoms with E-state index >= 15 is 0 Å². The predicted octanol–water partition coefficient (Wildman–Crippen LogP) is 4.52. The lowest BCUT2D eigenvalue weighted by Gasteiger charge is -2.08. The van der Waals surface area contributed by atoms with Crippen molar-refractivity contribution in [2.24, 2.45) is 0 Å². The lowest BCUT2D eigenvalue weighted by Crippen LogP contribution is -2.32. The van der Waals surface area contributed by atoms with Crippen molar-refractivity contribution >= 4 is 58.2 Å². The van der Waals surface area contributed by atoms with Crippen LogP contribution in [0.25, 0.3) is 6.08 Å². The summed E-state index contributed by atoms with van der Waals surface area (Å²) in [5.41, 5.74) is 1.54. The molecule has 22 heavy (non-hydrogen) atoms. The van der Waals surface area contributed by atoms with E-state index in [9.17, 15) is 4.79 Å². The second kappa shape index (κ2) is 7.94. The molecule has 2 rings (SSSR count). The monoisotopic (exact) mass is 350 g/mol. The summed E-state index contributed by atoms with van der Waals surface area (Å²) in [7, 11) is 0. The van der Waals surface area contributed by atoms with E-state index in [1.807, 2.05) is 30.3 Å². The molecule has 0 fully saturated rings. The van der Waals surface area contributed by atoms with Crippen LogP contribution in [0.1, 0.15) is 5.56 Å². The molecule has 0 saturated carbocycles. The Kier molecular flexibility index (Phi) is 5.95. The molecule has 0 aromatic heterocycles. The minimum absolute atomic E-state index is 0.168. The average Bonchev–Trinajstić information content (AvgIpc) is 2.45. The van der Waals surface area contributed by atoms with Crippen LogP contribution in [0.15, 0.2) is 54.6 Å². The Hall–Kier alpha value is -1.88. The molecule has 0 aliphatic rings. The summed E-state index contributed by atoms with van der Waals surface area (Å²) in [6, 6.07) is 14.4. The second-order valence-electron chi connectivity index (χ2n) is 4.35. The van der Waals surface area contributed by atoms with E-state index in [1.54, 1.807) is 24.3 Å². The number of carbonyl (C=O) groups is 1. The maximum atomic E-state index is 11.8. The van der Waals surface area contributed by atoms with Gasteiger partial charge in [-0.3, -0.25) is 10.1 Å². The van der Waals surface area contributed by atoms with Gasteiger partial charge < -0.3 is 5.32 Å². The van der Waals surface area contributed by atoms with Gasteiger partial charge in [-0.25, -0.2) is 0 Å². The van der Waals surface area contributed by atoms with Crippen LogP contribution in [0.5, 0.6) is 0 Å². The highest BCUT2D eigenvalue weighted by Crippen LogP contribution is 2.22. The molecule has 2 aromatic carbocycles. The van der Waals surface area contributed by atoms with E-state index in [2.05, 4.69) is 10.6 Å². The van der Waals surface area contributed by atoms with E-state index < -0.39 is 0 Å². The minimum atomic E-state index is -0.325. The molecule has 3 nitrogen and oxygen atoms in total. The standard InChI is InChI=1S/C16H12Cl2N2OS/c17-12-8-13(18)10-14(9-12)19-16(22)20-15(21)7-6-11-4-2-1-3-5-11/h1-10H,(H2,19,20,21,22)/b7-6+. The first-order valence-electron chi connectivity index (χ1n) is 6.34. The third kappa shape index (κ3) is 5.48. The zero-order chi connectivity index (χ0) is 15.9. The Labute approximate surface area is 143 Å². The van der Waals surface area contributed by atoms with Crippen LogP contribution >= 0.6 is 35.4 Å². The molecule has 0 bridgehead atoms. The summed E-state index contributed by atoms with van der Waals surface area (Å²) >= 11 is 16.8. The Balaban J connectivity index is 1.91. The predicted molar refractivity (Wildman–Crippen MR) is 96.3 cm³/mol. The highest BCUT2D eigenvalue weighted by molar-refractivity contribution is 7.80. The molecule has 2 N–H and O–H groups in total. The van der Waals surface area contributed by atoms with Crippen LogP contribution in [0.3, 0.4) is 0 Å². The van der Waals surface area contributed by atoms with Crippen LogP contribution in [0, 0.1) is 0 Å². The highest BCUT2D eigenvalue weighted by atomic mass is 35.5. The van der Waals surface area contributed by atoms with Gasteiger partial charge in [-0.15, -0.1) is 0 Å². The van der Waals surface area contributed by atoms with Crippen molar-refractivity contribution in [1.29, 1.82) is 0 Å². The molecular weight excluding hydrogens is 339 g/mol. The summed E-state index contributed by atoms with van der Waals surface area (Å²) in [5.74, 6) is -0.325. The lowest BCUT2D eigenvalue weighted by molar-refractivity contribution is -0.115. The molecule has 112 valence electrons. The van der Waals surface area contributed by atoms with Gasteiger partial charge in [0.25, 0.3) is 0 Å². The number of halogens is 2. The Morgan fingerprint density at radius 2 is 1.68 bits per heavy atom. The number of amides is 1. The number of carbonyl (C=O) groups excluding carboxylic acids is 1. The zero-order valence-electron chi connectivity index (χ0n) is 11.3. The van der Waals surface area contributed by atoms with Crippen molar-refractivity contribution in [3.8, 4) is 0 Å². The van der Waals surface area contributed by atoms with Gasteiger partial charge in [0, 0.05) is 21.8 Å². The van der Waals surface area contributed by atoms with Crippen LogP contribution in [0.4, 0.5) is 5.69 Å². The van der Waals surface area contributed by atoms with Crippen molar-refractivity contribution < 1.29 is 4.79 Å². The van der Waals surface area contributed by atoms with Gasteiger partial charge in [0.1, 0.15) is 0 Å². The largest absolute Gasteiger partial charge is 0.332 e. The van der Waals surface area contributed by atoms with E-state index in [4.69, 9.17) is 35.4 Å². The second-order valence-corrected chi connectivity index (χ2v) is 5.63. The Morgan fingerprint density at radius 1 is 1.05 bits per heavy atom. The van der Waals surface area contributed by atoms with Gasteiger partial charge in [0.15, 0.2) is 5.11 Å². The first-order chi connectivity index (χ1) is 10.5. The summed E-state index contributed by atoms with van der Waals surface area (Å²) in [6.07, 6.45) is 3.11. The molecule has 2 aromatic rings. The number of nitrogens with one attached hydrogen (secondary N) is 2.